The van der Waals surface area contributed by atoms with E-state index in [1.807, 2.05) is 0 Å². The molecule has 5 nitrogen and oxygen atoms in total. The molecule has 0 aliphatic rings. The minimum Gasteiger partial charge on any atom is -0.452 e. The lowest BCUT2D eigenvalue weighted by Gasteiger charge is -2.08. The van der Waals surface area contributed by atoms with E-state index in [1.54, 1.807) is 24.3 Å². The molecule has 0 saturated carbocycles. The van der Waals surface area contributed by atoms with E-state index in [2.05, 4.69) is 26.0 Å². The van der Waals surface area contributed by atoms with Crippen LogP contribution in [-0.2, 0) is 9.53 Å². The minimum atomic E-state index is -2.91. The van der Waals surface area contributed by atoms with E-state index in [0.29, 0.717) is 11.3 Å². The highest BCUT2D eigenvalue weighted by Gasteiger charge is 2.10. The second-order valence-corrected chi connectivity index (χ2v) is 5.45. The number of carbonyl (C=O) groups is 2. The van der Waals surface area contributed by atoms with Crippen molar-refractivity contribution < 1.29 is 27.8 Å². The van der Waals surface area contributed by atoms with E-state index in [9.17, 15) is 18.4 Å². The third-order valence-corrected chi connectivity index (χ3v) is 3.31. The number of hydrogen-bond acceptors (Lipinski definition) is 4. The third-order valence-electron chi connectivity index (χ3n) is 2.78. The van der Waals surface area contributed by atoms with Gasteiger partial charge in [0.05, 0.1) is 5.56 Å². The minimum absolute atomic E-state index is 0.0235. The Kier molecular flexibility index (Phi) is 6.25. The van der Waals surface area contributed by atoms with Gasteiger partial charge in [-0.05, 0) is 48.5 Å². The third kappa shape index (κ3) is 5.62. The monoisotopic (exact) mass is 399 g/mol. The molecule has 2 rings (SSSR count). The van der Waals surface area contributed by atoms with Crippen LogP contribution in [0.2, 0.25) is 0 Å². The Morgan fingerprint density at radius 2 is 1.67 bits per heavy atom. The number of esters is 1. The molecule has 0 unspecified atom stereocenters. The van der Waals surface area contributed by atoms with Gasteiger partial charge in [-0.15, -0.1) is 0 Å². The molecule has 8 heteroatoms. The van der Waals surface area contributed by atoms with Gasteiger partial charge in [-0.1, -0.05) is 15.9 Å². The van der Waals surface area contributed by atoms with Gasteiger partial charge in [0.25, 0.3) is 5.91 Å². The highest BCUT2D eigenvalue weighted by atomic mass is 79.9. The number of alkyl halides is 2. The zero-order valence-electron chi connectivity index (χ0n) is 12.2. The first-order chi connectivity index (χ1) is 11.4. The van der Waals surface area contributed by atoms with Crippen LogP contribution >= 0.6 is 15.9 Å². The van der Waals surface area contributed by atoms with Gasteiger partial charge in [0.1, 0.15) is 5.75 Å². The summed E-state index contributed by atoms with van der Waals surface area (Å²) < 4.78 is 33.9. The summed E-state index contributed by atoms with van der Waals surface area (Å²) in [6.07, 6.45) is 0. The number of anilines is 1. The van der Waals surface area contributed by atoms with Crippen molar-refractivity contribution >= 4 is 33.5 Å². The normalized spacial score (nSPS) is 10.3. The molecule has 2 aromatic carbocycles. The summed E-state index contributed by atoms with van der Waals surface area (Å²) in [6.45, 7) is -3.38. The van der Waals surface area contributed by atoms with Gasteiger partial charge in [0, 0.05) is 10.2 Å². The summed E-state index contributed by atoms with van der Waals surface area (Å²) in [5, 5.41) is 2.47. The van der Waals surface area contributed by atoms with Crippen molar-refractivity contribution in [3.05, 3.63) is 58.6 Å². The Labute approximate surface area is 144 Å². The van der Waals surface area contributed by atoms with E-state index in [0.717, 1.165) is 4.47 Å². The zero-order chi connectivity index (χ0) is 17.5. The molecule has 0 spiro atoms. The molecule has 0 fully saturated rings. The molecule has 0 heterocycles. The van der Waals surface area contributed by atoms with Gasteiger partial charge in [0.2, 0.25) is 0 Å². The zero-order valence-corrected chi connectivity index (χ0v) is 13.8. The fraction of sp³-hybridized carbons (Fsp3) is 0.125. The molecule has 1 amide bonds. The van der Waals surface area contributed by atoms with Gasteiger partial charge in [-0.3, -0.25) is 4.79 Å². The quantitative estimate of drug-likeness (QED) is 0.749. The molecular weight excluding hydrogens is 388 g/mol. The molecule has 2 aromatic rings. The Morgan fingerprint density at radius 1 is 1.04 bits per heavy atom. The second-order valence-electron chi connectivity index (χ2n) is 4.53. The van der Waals surface area contributed by atoms with E-state index in [1.165, 1.54) is 24.3 Å². The van der Waals surface area contributed by atoms with E-state index < -0.39 is 25.1 Å². The first-order valence-electron chi connectivity index (χ1n) is 6.71. The maximum Gasteiger partial charge on any atom is 0.387 e. The van der Waals surface area contributed by atoms with Crippen LogP contribution in [0.3, 0.4) is 0 Å². The lowest BCUT2D eigenvalue weighted by Crippen LogP contribution is -2.20. The summed E-state index contributed by atoms with van der Waals surface area (Å²) in [6, 6.07) is 11.8. The largest absolute Gasteiger partial charge is 0.452 e. The average molecular weight is 400 g/mol. The van der Waals surface area contributed by atoms with Crippen molar-refractivity contribution in [2.24, 2.45) is 0 Å². The lowest BCUT2D eigenvalue weighted by atomic mass is 10.2. The number of rotatable bonds is 6. The predicted molar refractivity (Wildman–Crippen MR) is 86.1 cm³/mol. The molecule has 0 saturated heterocycles. The van der Waals surface area contributed by atoms with Crippen molar-refractivity contribution in [1.29, 1.82) is 0 Å². The van der Waals surface area contributed by atoms with Crippen LogP contribution in [-0.4, -0.2) is 25.1 Å². The average Bonchev–Trinajstić information content (AvgIpc) is 2.54. The smallest absolute Gasteiger partial charge is 0.387 e. The highest BCUT2D eigenvalue weighted by Crippen LogP contribution is 2.17. The summed E-state index contributed by atoms with van der Waals surface area (Å²) in [5.41, 5.74) is 0.681. The maximum atomic E-state index is 12.0. The summed E-state index contributed by atoms with van der Waals surface area (Å²) in [7, 11) is 0. The summed E-state index contributed by atoms with van der Waals surface area (Å²) >= 11 is 3.25. The Balaban J connectivity index is 1.82. The molecule has 1 N–H and O–H groups in total. The molecule has 0 aliphatic heterocycles. The molecule has 0 aromatic heterocycles. The van der Waals surface area contributed by atoms with Crippen molar-refractivity contribution in [3.63, 3.8) is 0 Å². The second kappa shape index (κ2) is 8.39. The fourth-order valence-electron chi connectivity index (χ4n) is 1.72. The van der Waals surface area contributed by atoms with Gasteiger partial charge < -0.3 is 14.8 Å². The number of halogens is 3. The van der Waals surface area contributed by atoms with E-state index in [4.69, 9.17) is 4.74 Å². The van der Waals surface area contributed by atoms with Crippen LogP contribution in [0.5, 0.6) is 5.75 Å². The van der Waals surface area contributed by atoms with Crippen LogP contribution in [0, 0.1) is 0 Å². The number of hydrogen-bond donors (Lipinski definition) is 1. The first kappa shape index (κ1) is 17.9. The predicted octanol–water partition coefficient (Wildman–Crippen LogP) is 3.85. The molecule has 0 bridgehead atoms. The van der Waals surface area contributed by atoms with Crippen molar-refractivity contribution in [3.8, 4) is 5.75 Å². The standard InChI is InChI=1S/C16H12BrF2NO4/c17-11-3-1-10(2-4-11)15(22)23-9-14(21)20-12-5-7-13(8-6-12)24-16(18)19/h1-8,16H,9H2,(H,20,21). The number of nitrogens with one attached hydrogen (secondary N) is 1. The molecule has 0 radical (unpaired) electrons. The van der Waals surface area contributed by atoms with Crippen molar-refractivity contribution in [1.82, 2.24) is 0 Å². The number of amides is 1. The van der Waals surface area contributed by atoms with Crippen LogP contribution in [0.25, 0.3) is 0 Å². The maximum absolute atomic E-state index is 12.0. The molecular formula is C16H12BrF2NO4. The fourth-order valence-corrected chi connectivity index (χ4v) is 1.98. The van der Waals surface area contributed by atoms with Crippen LogP contribution in [0.15, 0.2) is 53.0 Å². The Hall–Kier alpha value is -2.48. The molecule has 0 aliphatic carbocycles. The lowest BCUT2D eigenvalue weighted by molar-refractivity contribution is -0.119. The summed E-state index contributed by atoms with van der Waals surface area (Å²) in [5.74, 6) is -1.20. The number of carbonyl (C=O) groups excluding carboxylic acids is 2. The van der Waals surface area contributed by atoms with Gasteiger partial charge >= 0.3 is 12.6 Å². The van der Waals surface area contributed by atoms with E-state index in [-0.39, 0.29) is 5.75 Å². The van der Waals surface area contributed by atoms with Crippen LogP contribution in [0.4, 0.5) is 14.5 Å². The number of benzene rings is 2. The molecule has 126 valence electrons. The molecule has 24 heavy (non-hydrogen) atoms. The number of ether oxygens (including phenoxy) is 2. The van der Waals surface area contributed by atoms with Crippen LogP contribution in [0.1, 0.15) is 10.4 Å². The summed E-state index contributed by atoms with van der Waals surface area (Å²) in [4.78, 5) is 23.5. The Morgan fingerprint density at radius 3 is 2.25 bits per heavy atom. The van der Waals surface area contributed by atoms with Gasteiger partial charge in [0.15, 0.2) is 6.61 Å². The van der Waals surface area contributed by atoms with Crippen LogP contribution < -0.4 is 10.1 Å². The van der Waals surface area contributed by atoms with Gasteiger partial charge in [-0.2, -0.15) is 8.78 Å². The van der Waals surface area contributed by atoms with Gasteiger partial charge in [-0.25, -0.2) is 4.79 Å². The van der Waals surface area contributed by atoms with Crippen molar-refractivity contribution in [2.45, 2.75) is 6.61 Å². The Bertz CT molecular complexity index is 705. The van der Waals surface area contributed by atoms with E-state index >= 15 is 0 Å². The SMILES string of the molecule is O=C(COC(=O)c1ccc(Br)cc1)Nc1ccc(OC(F)F)cc1. The molecule has 0 atom stereocenters. The highest BCUT2D eigenvalue weighted by molar-refractivity contribution is 9.10. The first-order valence-corrected chi connectivity index (χ1v) is 7.51. The topological polar surface area (TPSA) is 64.6 Å². The van der Waals surface area contributed by atoms with Crippen molar-refractivity contribution in [2.75, 3.05) is 11.9 Å².